The molecule has 0 saturated carbocycles. The van der Waals surface area contributed by atoms with E-state index in [2.05, 4.69) is 15.3 Å². The molecule has 0 aliphatic carbocycles. The third kappa shape index (κ3) is 4.15. The van der Waals surface area contributed by atoms with Crippen LogP contribution in [-0.2, 0) is 6.54 Å². The average molecular weight is 369 g/mol. The first-order valence-corrected chi connectivity index (χ1v) is 9.01. The number of hydrogen-bond donors (Lipinski definition) is 1. The van der Waals surface area contributed by atoms with Gasteiger partial charge in [0.25, 0.3) is 5.91 Å². The molecule has 0 aliphatic heterocycles. The first-order chi connectivity index (χ1) is 13.7. The molecule has 0 bridgehead atoms. The number of pyridine rings is 2. The van der Waals surface area contributed by atoms with Gasteiger partial charge in [-0.05, 0) is 61.0 Å². The van der Waals surface area contributed by atoms with Gasteiger partial charge in [-0.2, -0.15) is 0 Å². The summed E-state index contributed by atoms with van der Waals surface area (Å²) in [4.78, 5) is 21.0. The predicted octanol–water partition coefficient (Wildman–Crippen LogP) is 4.66. The van der Waals surface area contributed by atoms with E-state index in [0.29, 0.717) is 17.8 Å². The summed E-state index contributed by atoms with van der Waals surface area (Å²) in [6, 6.07) is 22.7. The molecule has 1 amide bonds. The number of amides is 1. The molecule has 0 spiro atoms. The third-order valence-corrected chi connectivity index (χ3v) is 4.30. The normalized spacial score (nSPS) is 10.6. The Kier molecular flexibility index (Phi) is 4.97. The van der Waals surface area contributed by atoms with E-state index in [1.165, 1.54) is 5.56 Å². The van der Waals surface area contributed by atoms with Crippen LogP contribution < -0.4 is 10.1 Å². The lowest BCUT2D eigenvalue weighted by molar-refractivity contribution is 0.0946. The van der Waals surface area contributed by atoms with Crippen molar-refractivity contribution >= 4 is 16.9 Å². The van der Waals surface area contributed by atoms with E-state index >= 15 is 0 Å². The standard InChI is InChI=1S/C23H19N3O2/c1-16-7-9-18(10-8-16)28-19-5-2-4-17(14-19)15-25-23(27)22-12-11-20-21(26-22)6-3-13-24-20/h2-14H,15H2,1H3,(H,25,27). The molecule has 138 valence electrons. The fourth-order valence-electron chi connectivity index (χ4n) is 2.82. The summed E-state index contributed by atoms with van der Waals surface area (Å²) in [5, 5.41) is 2.90. The summed E-state index contributed by atoms with van der Waals surface area (Å²) in [7, 11) is 0. The quantitative estimate of drug-likeness (QED) is 0.556. The van der Waals surface area contributed by atoms with Gasteiger partial charge in [0, 0.05) is 12.7 Å². The Morgan fingerprint density at radius 2 is 1.79 bits per heavy atom. The fraction of sp³-hybridized carbons (Fsp3) is 0.0870. The molecule has 2 aromatic heterocycles. The second-order valence-electron chi connectivity index (χ2n) is 6.48. The van der Waals surface area contributed by atoms with Crippen molar-refractivity contribution in [3.05, 3.63) is 95.8 Å². The van der Waals surface area contributed by atoms with Crippen LogP contribution in [0.5, 0.6) is 11.5 Å². The van der Waals surface area contributed by atoms with Gasteiger partial charge >= 0.3 is 0 Å². The van der Waals surface area contributed by atoms with Gasteiger partial charge in [0.2, 0.25) is 0 Å². The maximum Gasteiger partial charge on any atom is 0.270 e. The molecule has 1 N–H and O–H groups in total. The lowest BCUT2D eigenvalue weighted by Crippen LogP contribution is -2.23. The van der Waals surface area contributed by atoms with E-state index in [1.54, 1.807) is 24.4 Å². The molecule has 5 nitrogen and oxygen atoms in total. The number of carbonyl (C=O) groups excluding carboxylic acids is 1. The molecule has 0 saturated heterocycles. The highest BCUT2D eigenvalue weighted by molar-refractivity contribution is 5.94. The number of fused-ring (bicyclic) bond motifs is 1. The monoisotopic (exact) mass is 369 g/mol. The van der Waals surface area contributed by atoms with Crippen LogP contribution in [-0.4, -0.2) is 15.9 Å². The van der Waals surface area contributed by atoms with Gasteiger partial charge in [0.1, 0.15) is 17.2 Å². The molecule has 28 heavy (non-hydrogen) atoms. The van der Waals surface area contributed by atoms with Gasteiger partial charge < -0.3 is 10.1 Å². The molecule has 4 aromatic rings. The van der Waals surface area contributed by atoms with Gasteiger partial charge in [-0.3, -0.25) is 9.78 Å². The molecule has 0 aliphatic rings. The minimum absolute atomic E-state index is 0.226. The second kappa shape index (κ2) is 7.88. The number of carbonyl (C=O) groups is 1. The fourth-order valence-corrected chi connectivity index (χ4v) is 2.82. The highest BCUT2D eigenvalue weighted by atomic mass is 16.5. The summed E-state index contributed by atoms with van der Waals surface area (Å²) in [5.41, 5.74) is 3.96. The zero-order chi connectivity index (χ0) is 19.3. The predicted molar refractivity (Wildman–Crippen MR) is 108 cm³/mol. The van der Waals surface area contributed by atoms with Crippen molar-refractivity contribution in [1.29, 1.82) is 0 Å². The first kappa shape index (κ1) is 17.7. The lowest BCUT2D eigenvalue weighted by Gasteiger charge is -2.09. The van der Waals surface area contributed by atoms with E-state index < -0.39 is 0 Å². The van der Waals surface area contributed by atoms with E-state index in [4.69, 9.17) is 4.74 Å². The maximum absolute atomic E-state index is 12.4. The molecular weight excluding hydrogens is 350 g/mol. The highest BCUT2D eigenvalue weighted by Gasteiger charge is 2.09. The van der Waals surface area contributed by atoms with Gasteiger partial charge in [-0.15, -0.1) is 0 Å². The van der Waals surface area contributed by atoms with Crippen molar-refractivity contribution in [3.8, 4) is 11.5 Å². The van der Waals surface area contributed by atoms with E-state index in [9.17, 15) is 4.79 Å². The Bertz CT molecular complexity index is 1120. The lowest BCUT2D eigenvalue weighted by atomic mass is 10.2. The number of nitrogens with one attached hydrogen (secondary N) is 1. The molecule has 0 unspecified atom stereocenters. The first-order valence-electron chi connectivity index (χ1n) is 9.01. The molecule has 4 rings (SSSR count). The molecule has 0 radical (unpaired) electrons. The van der Waals surface area contributed by atoms with Crippen LogP contribution in [0.15, 0.2) is 79.0 Å². The number of aromatic nitrogens is 2. The topological polar surface area (TPSA) is 64.1 Å². The Balaban J connectivity index is 1.42. The van der Waals surface area contributed by atoms with Crippen molar-refractivity contribution < 1.29 is 9.53 Å². The summed E-state index contributed by atoms with van der Waals surface area (Å²) >= 11 is 0. The van der Waals surface area contributed by atoms with E-state index in [-0.39, 0.29) is 5.91 Å². The second-order valence-corrected chi connectivity index (χ2v) is 6.48. The van der Waals surface area contributed by atoms with Gasteiger partial charge in [-0.1, -0.05) is 29.8 Å². The molecular formula is C23H19N3O2. The molecule has 5 heteroatoms. The Morgan fingerprint density at radius 3 is 2.64 bits per heavy atom. The van der Waals surface area contributed by atoms with Gasteiger partial charge in [0.05, 0.1) is 11.0 Å². The van der Waals surface area contributed by atoms with Crippen molar-refractivity contribution in [2.24, 2.45) is 0 Å². The van der Waals surface area contributed by atoms with Crippen molar-refractivity contribution in [1.82, 2.24) is 15.3 Å². The van der Waals surface area contributed by atoms with Crippen LogP contribution in [0.4, 0.5) is 0 Å². The van der Waals surface area contributed by atoms with E-state index in [0.717, 1.165) is 22.6 Å². The van der Waals surface area contributed by atoms with E-state index in [1.807, 2.05) is 61.5 Å². The van der Waals surface area contributed by atoms with Crippen molar-refractivity contribution in [3.63, 3.8) is 0 Å². The van der Waals surface area contributed by atoms with Crippen LogP contribution in [0, 0.1) is 6.92 Å². The van der Waals surface area contributed by atoms with Gasteiger partial charge in [-0.25, -0.2) is 4.98 Å². The maximum atomic E-state index is 12.4. The smallest absolute Gasteiger partial charge is 0.270 e. The number of ether oxygens (including phenoxy) is 1. The largest absolute Gasteiger partial charge is 0.457 e. The molecule has 2 aromatic carbocycles. The summed E-state index contributed by atoms with van der Waals surface area (Å²) < 4.78 is 5.88. The van der Waals surface area contributed by atoms with Crippen LogP contribution in [0.2, 0.25) is 0 Å². The van der Waals surface area contributed by atoms with Crippen LogP contribution >= 0.6 is 0 Å². The number of aryl methyl sites for hydroxylation is 1. The summed E-state index contributed by atoms with van der Waals surface area (Å²) in [6.07, 6.45) is 1.70. The average Bonchev–Trinajstić information content (AvgIpc) is 2.73. The Hall–Kier alpha value is -3.73. The summed E-state index contributed by atoms with van der Waals surface area (Å²) in [6.45, 7) is 2.42. The third-order valence-electron chi connectivity index (χ3n) is 4.30. The van der Waals surface area contributed by atoms with Crippen molar-refractivity contribution in [2.75, 3.05) is 0 Å². The van der Waals surface area contributed by atoms with Crippen LogP contribution in [0.25, 0.3) is 11.0 Å². The zero-order valence-corrected chi connectivity index (χ0v) is 15.4. The van der Waals surface area contributed by atoms with Crippen molar-refractivity contribution in [2.45, 2.75) is 13.5 Å². The number of rotatable bonds is 5. The van der Waals surface area contributed by atoms with Crippen LogP contribution in [0.3, 0.4) is 0 Å². The van der Waals surface area contributed by atoms with Crippen LogP contribution in [0.1, 0.15) is 21.6 Å². The zero-order valence-electron chi connectivity index (χ0n) is 15.4. The molecule has 0 fully saturated rings. The minimum Gasteiger partial charge on any atom is -0.457 e. The van der Waals surface area contributed by atoms with Gasteiger partial charge in [0.15, 0.2) is 0 Å². The molecule has 0 atom stereocenters. The number of hydrogen-bond acceptors (Lipinski definition) is 4. The Morgan fingerprint density at radius 1 is 0.929 bits per heavy atom. The summed E-state index contributed by atoms with van der Waals surface area (Å²) in [5.74, 6) is 1.28. The number of benzene rings is 2. The number of nitrogens with zero attached hydrogens (tertiary/aromatic N) is 2. The highest BCUT2D eigenvalue weighted by Crippen LogP contribution is 2.22. The molecule has 2 heterocycles. The minimum atomic E-state index is -0.226. The Labute approximate surface area is 163 Å². The SMILES string of the molecule is Cc1ccc(Oc2cccc(CNC(=O)c3ccc4ncccc4n3)c2)cc1.